The van der Waals surface area contributed by atoms with Crippen molar-refractivity contribution in [2.45, 2.75) is 44.2 Å². The summed E-state index contributed by atoms with van der Waals surface area (Å²) in [5.41, 5.74) is 0.208. The molecule has 1 aromatic rings. The first-order chi connectivity index (χ1) is 8.88. The third kappa shape index (κ3) is 3.32. The number of halogens is 1. The van der Waals surface area contributed by atoms with Gasteiger partial charge in [0, 0.05) is 13.1 Å². The molecule has 0 atom stereocenters. The minimum absolute atomic E-state index is 0.139. The molecule has 0 unspecified atom stereocenters. The summed E-state index contributed by atoms with van der Waals surface area (Å²) in [4.78, 5) is -0.163. The minimum Gasteiger partial charge on any atom is -0.392 e. The number of aliphatic hydroxyl groups excluding tert-OH is 1. The van der Waals surface area contributed by atoms with E-state index >= 15 is 0 Å². The first-order valence-corrected chi connectivity index (χ1v) is 7.69. The Hall–Kier alpha value is -0.980. The van der Waals surface area contributed by atoms with Crippen molar-refractivity contribution in [3.05, 3.63) is 29.6 Å². The van der Waals surface area contributed by atoms with Crippen LogP contribution < -0.4 is 0 Å². The van der Waals surface area contributed by atoms with Crippen LogP contribution in [-0.4, -0.2) is 30.9 Å². The smallest absolute Gasteiger partial charge is 0.243 e. The Labute approximate surface area is 113 Å². The van der Waals surface area contributed by atoms with Gasteiger partial charge in [0.05, 0.1) is 11.5 Å². The second-order valence-electron chi connectivity index (χ2n) is 4.40. The van der Waals surface area contributed by atoms with E-state index in [-0.39, 0.29) is 16.5 Å². The van der Waals surface area contributed by atoms with Crippen molar-refractivity contribution in [1.29, 1.82) is 0 Å². The second-order valence-corrected chi connectivity index (χ2v) is 6.37. The Morgan fingerprint density at radius 2 is 1.89 bits per heavy atom. The highest BCUT2D eigenvalue weighted by atomic mass is 32.2. The molecule has 0 saturated carbocycles. The van der Waals surface area contributed by atoms with Crippen LogP contribution in [0.2, 0.25) is 0 Å². The molecule has 0 bridgehead atoms. The molecule has 108 valence electrons. The molecule has 0 aliphatic rings. The Morgan fingerprint density at radius 3 is 2.37 bits per heavy atom. The van der Waals surface area contributed by atoms with E-state index < -0.39 is 22.4 Å². The lowest BCUT2D eigenvalue weighted by Crippen LogP contribution is -2.36. The van der Waals surface area contributed by atoms with Gasteiger partial charge in [0.25, 0.3) is 0 Å². The Bertz CT molecular complexity index is 527. The molecule has 0 heterocycles. The van der Waals surface area contributed by atoms with Gasteiger partial charge in [-0.1, -0.05) is 19.9 Å². The summed E-state index contributed by atoms with van der Waals surface area (Å²) >= 11 is 0. The lowest BCUT2D eigenvalue weighted by Gasteiger charge is -2.26. The molecule has 1 aromatic carbocycles. The van der Waals surface area contributed by atoms with E-state index in [1.807, 2.05) is 13.8 Å². The van der Waals surface area contributed by atoms with Crippen molar-refractivity contribution in [2.75, 3.05) is 7.05 Å². The largest absolute Gasteiger partial charge is 0.392 e. The maximum Gasteiger partial charge on any atom is 0.243 e. The normalized spacial score (nSPS) is 12.4. The molecule has 4 nitrogen and oxygen atoms in total. The highest BCUT2D eigenvalue weighted by Gasteiger charge is 2.28. The number of nitrogens with zero attached hydrogens (tertiary/aromatic N) is 1. The number of hydrogen-bond donors (Lipinski definition) is 1. The fourth-order valence-corrected chi connectivity index (χ4v) is 3.78. The third-order valence-corrected chi connectivity index (χ3v) is 5.31. The number of sulfonamides is 1. The van der Waals surface area contributed by atoms with Crippen molar-refractivity contribution < 1.29 is 17.9 Å². The summed E-state index contributed by atoms with van der Waals surface area (Å²) in [6.45, 7) is 3.36. The molecular formula is C13H20FNO3S. The average molecular weight is 289 g/mol. The second kappa shape index (κ2) is 6.45. The molecule has 0 aliphatic heterocycles. The average Bonchev–Trinajstić information content (AvgIpc) is 2.39. The molecule has 0 amide bonds. The van der Waals surface area contributed by atoms with E-state index in [0.29, 0.717) is 12.8 Å². The summed E-state index contributed by atoms with van der Waals surface area (Å²) in [6.07, 6.45) is 1.35. The fourth-order valence-electron chi connectivity index (χ4n) is 2.05. The van der Waals surface area contributed by atoms with Crippen LogP contribution >= 0.6 is 0 Å². The predicted octanol–water partition coefficient (Wildman–Crippen LogP) is 2.13. The molecule has 1 N–H and O–H groups in total. The minimum atomic E-state index is -3.79. The molecule has 0 radical (unpaired) electrons. The van der Waals surface area contributed by atoms with Crippen LogP contribution in [0, 0.1) is 5.82 Å². The zero-order valence-corrected chi connectivity index (χ0v) is 12.2. The first kappa shape index (κ1) is 16.1. The van der Waals surface area contributed by atoms with Gasteiger partial charge in [0.2, 0.25) is 10.0 Å². The van der Waals surface area contributed by atoms with Crippen LogP contribution in [0.1, 0.15) is 32.3 Å². The number of benzene rings is 1. The van der Waals surface area contributed by atoms with Gasteiger partial charge in [0.15, 0.2) is 0 Å². The van der Waals surface area contributed by atoms with Crippen molar-refractivity contribution >= 4 is 10.0 Å². The van der Waals surface area contributed by atoms with Crippen LogP contribution in [0.4, 0.5) is 4.39 Å². The van der Waals surface area contributed by atoms with Crippen LogP contribution in [0.15, 0.2) is 23.1 Å². The number of rotatable bonds is 6. The van der Waals surface area contributed by atoms with E-state index in [0.717, 1.165) is 12.1 Å². The van der Waals surface area contributed by atoms with E-state index in [1.165, 1.54) is 17.4 Å². The van der Waals surface area contributed by atoms with Crippen molar-refractivity contribution in [2.24, 2.45) is 0 Å². The topological polar surface area (TPSA) is 57.6 Å². The summed E-state index contributed by atoms with van der Waals surface area (Å²) in [6, 6.07) is 3.25. The molecule has 1 rings (SSSR count). The fraction of sp³-hybridized carbons (Fsp3) is 0.538. The van der Waals surface area contributed by atoms with Crippen LogP contribution in [0.5, 0.6) is 0 Å². The lowest BCUT2D eigenvalue weighted by atomic mass is 10.2. The highest BCUT2D eigenvalue weighted by molar-refractivity contribution is 7.89. The van der Waals surface area contributed by atoms with Crippen molar-refractivity contribution in [1.82, 2.24) is 4.31 Å². The number of hydrogen-bond acceptors (Lipinski definition) is 3. The zero-order valence-electron chi connectivity index (χ0n) is 11.4. The summed E-state index contributed by atoms with van der Waals surface area (Å²) < 4.78 is 39.5. The van der Waals surface area contributed by atoms with Crippen molar-refractivity contribution in [3.8, 4) is 0 Å². The van der Waals surface area contributed by atoms with E-state index in [4.69, 9.17) is 0 Å². The molecule has 0 spiro atoms. The lowest BCUT2D eigenvalue weighted by molar-refractivity contribution is 0.277. The van der Waals surface area contributed by atoms with Crippen LogP contribution in [0.25, 0.3) is 0 Å². The van der Waals surface area contributed by atoms with Gasteiger partial charge >= 0.3 is 0 Å². The van der Waals surface area contributed by atoms with E-state index in [9.17, 15) is 17.9 Å². The zero-order chi connectivity index (χ0) is 14.6. The third-order valence-electron chi connectivity index (χ3n) is 3.31. The maximum absolute atomic E-state index is 13.3. The Balaban J connectivity index is 3.30. The van der Waals surface area contributed by atoms with Gasteiger partial charge < -0.3 is 5.11 Å². The quantitative estimate of drug-likeness (QED) is 0.872. The SMILES string of the molecule is CCC(CC)N(C)S(=O)(=O)c1cc(F)ccc1CO. The van der Waals surface area contributed by atoms with E-state index in [1.54, 1.807) is 0 Å². The monoisotopic (exact) mass is 289 g/mol. The van der Waals surface area contributed by atoms with Crippen LogP contribution in [0.3, 0.4) is 0 Å². The molecular weight excluding hydrogens is 269 g/mol. The molecule has 0 aliphatic carbocycles. The number of aliphatic hydroxyl groups is 1. The molecule has 19 heavy (non-hydrogen) atoms. The van der Waals surface area contributed by atoms with Gasteiger partial charge in [-0.25, -0.2) is 12.8 Å². The summed E-state index contributed by atoms with van der Waals surface area (Å²) in [5.74, 6) is -0.631. The molecule has 0 aromatic heterocycles. The van der Waals surface area contributed by atoms with Gasteiger partial charge in [0.1, 0.15) is 5.82 Å². The van der Waals surface area contributed by atoms with Crippen LogP contribution in [-0.2, 0) is 16.6 Å². The van der Waals surface area contributed by atoms with Gasteiger partial charge in [-0.3, -0.25) is 0 Å². The standard InChI is InChI=1S/C13H20FNO3S/c1-4-12(5-2)15(3)19(17,18)13-8-11(14)7-6-10(13)9-16/h6-8,12,16H,4-5,9H2,1-3H3. The first-order valence-electron chi connectivity index (χ1n) is 6.25. The van der Waals surface area contributed by atoms with Crippen molar-refractivity contribution in [3.63, 3.8) is 0 Å². The predicted molar refractivity (Wildman–Crippen MR) is 71.6 cm³/mol. The molecule has 0 fully saturated rings. The van der Waals surface area contributed by atoms with Gasteiger partial charge in [-0.05, 0) is 30.5 Å². The van der Waals surface area contributed by atoms with E-state index in [2.05, 4.69) is 0 Å². The highest BCUT2D eigenvalue weighted by Crippen LogP contribution is 2.23. The summed E-state index contributed by atoms with van der Waals surface area (Å²) in [7, 11) is -2.31. The Kier molecular flexibility index (Phi) is 5.46. The maximum atomic E-state index is 13.3. The molecule has 0 saturated heterocycles. The molecule has 6 heteroatoms. The Morgan fingerprint density at radius 1 is 1.32 bits per heavy atom. The van der Waals surface area contributed by atoms with Gasteiger partial charge in [-0.15, -0.1) is 0 Å². The van der Waals surface area contributed by atoms with Gasteiger partial charge in [-0.2, -0.15) is 4.31 Å². The summed E-state index contributed by atoms with van der Waals surface area (Å²) in [5, 5.41) is 9.20.